The molecule has 1 saturated heterocycles. The van der Waals surface area contributed by atoms with Gasteiger partial charge in [0, 0.05) is 37.0 Å². The summed E-state index contributed by atoms with van der Waals surface area (Å²) in [5.41, 5.74) is 5.70. The van der Waals surface area contributed by atoms with Gasteiger partial charge in [-0.1, -0.05) is 18.2 Å². The van der Waals surface area contributed by atoms with Crippen molar-refractivity contribution in [2.45, 2.75) is 44.2 Å². The van der Waals surface area contributed by atoms with Gasteiger partial charge in [-0.2, -0.15) is 0 Å². The molecule has 2 aromatic rings. The molecular formula is C27H33N3O3. The SMILES string of the molecule is COc1cccc(NC(=O)N2CC[C@@H]3[C@H]2c2cc(C4=CCCCC4)ccc2N(C)[C@@H]3CO)c1. The van der Waals surface area contributed by atoms with Gasteiger partial charge < -0.3 is 25.0 Å². The fourth-order valence-corrected chi connectivity index (χ4v) is 5.88. The van der Waals surface area contributed by atoms with Crippen LogP contribution in [0, 0.1) is 5.92 Å². The molecule has 0 radical (unpaired) electrons. The average molecular weight is 448 g/mol. The van der Waals surface area contributed by atoms with Gasteiger partial charge in [-0.15, -0.1) is 0 Å². The molecule has 1 fully saturated rings. The number of urea groups is 1. The van der Waals surface area contributed by atoms with Crippen LogP contribution in [0.5, 0.6) is 5.75 Å². The zero-order valence-corrected chi connectivity index (χ0v) is 19.5. The lowest BCUT2D eigenvalue weighted by Crippen LogP contribution is -2.48. The number of carbonyl (C=O) groups excluding carboxylic acids is 1. The molecule has 3 atom stereocenters. The minimum absolute atomic E-state index is 0.00290. The van der Waals surface area contributed by atoms with Crippen molar-refractivity contribution >= 4 is 23.0 Å². The number of methoxy groups -OCH3 is 1. The highest BCUT2D eigenvalue weighted by atomic mass is 16.5. The maximum absolute atomic E-state index is 13.4. The third-order valence-electron chi connectivity index (χ3n) is 7.59. The molecule has 2 N–H and O–H groups in total. The standard InChI is InChI=1S/C27H33N3O3/c1-29-24-12-11-19(18-7-4-3-5-8-18)15-23(24)26-22(25(29)17-31)13-14-30(26)27(32)28-20-9-6-10-21(16-20)33-2/h6-7,9-12,15-16,22,25-26,31H,3-5,8,13-14,17H2,1-2H3,(H,28,32)/t22-,25+,26-/m0/s1. The van der Waals surface area contributed by atoms with Crippen molar-refractivity contribution in [2.75, 3.05) is 37.5 Å². The Kier molecular flexibility index (Phi) is 6.02. The summed E-state index contributed by atoms with van der Waals surface area (Å²) in [6.07, 6.45) is 7.99. The van der Waals surface area contributed by atoms with Crippen molar-refractivity contribution in [1.29, 1.82) is 0 Å². The molecule has 6 heteroatoms. The Bertz CT molecular complexity index is 1070. The van der Waals surface area contributed by atoms with E-state index in [1.54, 1.807) is 7.11 Å². The number of aliphatic hydroxyl groups is 1. The Hall–Kier alpha value is -2.99. The zero-order valence-electron chi connectivity index (χ0n) is 19.5. The van der Waals surface area contributed by atoms with Gasteiger partial charge in [-0.3, -0.25) is 0 Å². The molecule has 0 bridgehead atoms. The first-order valence-electron chi connectivity index (χ1n) is 12.0. The summed E-state index contributed by atoms with van der Waals surface area (Å²) in [5.74, 6) is 0.904. The Labute approximate surface area is 195 Å². The molecule has 33 heavy (non-hydrogen) atoms. The molecular weight excluding hydrogens is 414 g/mol. The second kappa shape index (κ2) is 9.10. The number of likely N-dealkylation sites (tertiary alicyclic amines) is 1. The first kappa shape index (κ1) is 21.8. The maximum atomic E-state index is 13.4. The monoisotopic (exact) mass is 447 g/mol. The van der Waals surface area contributed by atoms with E-state index >= 15 is 0 Å². The van der Waals surface area contributed by atoms with E-state index < -0.39 is 0 Å². The van der Waals surface area contributed by atoms with Crippen molar-refractivity contribution in [2.24, 2.45) is 5.92 Å². The van der Waals surface area contributed by atoms with E-state index in [2.05, 4.69) is 41.5 Å². The third kappa shape index (κ3) is 3.97. The lowest BCUT2D eigenvalue weighted by atomic mass is 9.80. The summed E-state index contributed by atoms with van der Waals surface area (Å²) in [7, 11) is 3.68. The van der Waals surface area contributed by atoms with Crippen LogP contribution in [0.4, 0.5) is 16.2 Å². The smallest absolute Gasteiger partial charge is 0.322 e. The van der Waals surface area contributed by atoms with Crippen LogP contribution in [0.2, 0.25) is 0 Å². The number of anilines is 2. The molecule has 0 saturated carbocycles. The molecule has 2 amide bonds. The Balaban J connectivity index is 1.49. The number of benzene rings is 2. The molecule has 174 valence electrons. The van der Waals surface area contributed by atoms with Crippen LogP contribution in [0.15, 0.2) is 48.5 Å². The number of likely N-dealkylation sites (N-methyl/N-ethyl adjacent to an activating group) is 1. The van der Waals surface area contributed by atoms with E-state index in [0.717, 1.165) is 30.6 Å². The molecule has 0 aromatic heterocycles. The van der Waals surface area contributed by atoms with Crippen LogP contribution in [0.1, 0.15) is 49.3 Å². The average Bonchev–Trinajstić information content (AvgIpc) is 3.30. The molecule has 2 aliphatic heterocycles. The predicted molar refractivity (Wildman–Crippen MR) is 132 cm³/mol. The van der Waals surface area contributed by atoms with Gasteiger partial charge in [0.2, 0.25) is 0 Å². The number of amides is 2. The second-order valence-corrected chi connectivity index (χ2v) is 9.36. The topological polar surface area (TPSA) is 65.0 Å². The molecule has 2 aromatic carbocycles. The number of fused-ring (bicyclic) bond motifs is 3. The fourth-order valence-electron chi connectivity index (χ4n) is 5.88. The van der Waals surface area contributed by atoms with Crippen molar-refractivity contribution in [3.8, 4) is 5.75 Å². The van der Waals surface area contributed by atoms with Gasteiger partial charge >= 0.3 is 6.03 Å². The lowest BCUT2D eigenvalue weighted by Gasteiger charge is -2.44. The number of hydrogen-bond acceptors (Lipinski definition) is 4. The van der Waals surface area contributed by atoms with Crippen LogP contribution in [-0.2, 0) is 0 Å². The number of allylic oxidation sites excluding steroid dienone is 2. The van der Waals surface area contributed by atoms with Gasteiger partial charge in [0.1, 0.15) is 5.75 Å². The summed E-state index contributed by atoms with van der Waals surface area (Å²) in [6.45, 7) is 0.747. The second-order valence-electron chi connectivity index (χ2n) is 9.36. The van der Waals surface area contributed by atoms with Crippen molar-refractivity contribution in [1.82, 2.24) is 4.90 Å². The third-order valence-corrected chi connectivity index (χ3v) is 7.59. The molecule has 3 aliphatic rings. The Morgan fingerprint density at radius 2 is 2.09 bits per heavy atom. The molecule has 2 heterocycles. The summed E-state index contributed by atoms with van der Waals surface area (Å²) in [5, 5.41) is 13.3. The zero-order chi connectivity index (χ0) is 22.9. The van der Waals surface area contributed by atoms with Gasteiger partial charge in [0.25, 0.3) is 0 Å². The minimum Gasteiger partial charge on any atom is -0.497 e. The Morgan fingerprint density at radius 3 is 2.85 bits per heavy atom. The number of nitrogens with one attached hydrogen (secondary N) is 1. The normalized spacial score (nSPS) is 24.1. The van der Waals surface area contributed by atoms with E-state index in [1.165, 1.54) is 29.5 Å². The van der Waals surface area contributed by atoms with E-state index in [9.17, 15) is 9.90 Å². The first-order valence-corrected chi connectivity index (χ1v) is 12.0. The van der Waals surface area contributed by atoms with E-state index in [0.29, 0.717) is 12.3 Å². The number of ether oxygens (including phenoxy) is 1. The van der Waals surface area contributed by atoms with Crippen LogP contribution in [-0.4, -0.2) is 49.4 Å². The molecule has 5 rings (SSSR count). The van der Waals surface area contributed by atoms with Crippen molar-refractivity contribution < 1.29 is 14.6 Å². The van der Waals surface area contributed by atoms with Crippen LogP contribution in [0.3, 0.4) is 0 Å². The van der Waals surface area contributed by atoms with Crippen LogP contribution < -0.4 is 15.0 Å². The maximum Gasteiger partial charge on any atom is 0.322 e. The van der Waals surface area contributed by atoms with E-state index in [4.69, 9.17) is 4.74 Å². The first-order chi connectivity index (χ1) is 16.1. The van der Waals surface area contributed by atoms with Crippen molar-refractivity contribution in [3.63, 3.8) is 0 Å². The largest absolute Gasteiger partial charge is 0.497 e. The number of hydrogen-bond donors (Lipinski definition) is 2. The van der Waals surface area contributed by atoms with Crippen molar-refractivity contribution in [3.05, 3.63) is 59.7 Å². The number of nitrogens with zero attached hydrogens (tertiary/aromatic N) is 2. The summed E-state index contributed by atoms with van der Waals surface area (Å²) in [4.78, 5) is 17.6. The molecule has 0 spiro atoms. The van der Waals surface area contributed by atoms with E-state index in [-0.39, 0.29) is 30.6 Å². The van der Waals surface area contributed by atoms with Gasteiger partial charge in [-0.25, -0.2) is 4.79 Å². The van der Waals surface area contributed by atoms with Gasteiger partial charge in [-0.05, 0) is 73.1 Å². The molecule has 1 aliphatic carbocycles. The molecule has 6 nitrogen and oxygen atoms in total. The Morgan fingerprint density at radius 1 is 1.21 bits per heavy atom. The van der Waals surface area contributed by atoms with Crippen LogP contribution >= 0.6 is 0 Å². The minimum atomic E-state index is -0.106. The number of carbonyl (C=O) groups is 1. The highest BCUT2D eigenvalue weighted by molar-refractivity contribution is 5.90. The molecule has 0 unspecified atom stereocenters. The highest BCUT2D eigenvalue weighted by Gasteiger charge is 2.47. The van der Waals surface area contributed by atoms with Crippen LogP contribution in [0.25, 0.3) is 5.57 Å². The highest BCUT2D eigenvalue weighted by Crippen LogP contribution is 2.49. The number of aliphatic hydroxyl groups excluding tert-OH is 1. The lowest BCUT2D eigenvalue weighted by molar-refractivity contribution is 0.168. The summed E-state index contributed by atoms with van der Waals surface area (Å²) >= 11 is 0. The van der Waals surface area contributed by atoms with Gasteiger partial charge in [0.15, 0.2) is 0 Å². The summed E-state index contributed by atoms with van der Waals surface area (Å²) < 4.78 is 5.30. The van der Waals surface area contributed by atoms with E-state index in [1.807, 2.05) is 29.2 Å². The predicted octanol–water partition coefficient (Wildman–Crippen LogP) is 5.06. The quantitative estimate of drug-likeness (QED) is 0.688. The summed E-state index contributed by atoms with van der Waals surface area (Å²) in [6, 6.07) is 14.0. The van der Waals surface area contributed by atoms with Gasteiger partial charge in [0.05, 0.1) is 25.8 Å². The fraction of sp³-hybridized carbons (Fsp3) is 0.444. The number of rotatable bonds is 4.